The molecule has 114 valence electrons. The molecule has 0 bridgehead atoms. The molecule has 2 aromatic rings. The standard InChI is InChI=1S/C15H13Cl2N3O2/c1-19(2)8-12(15(22)20-6-5-18-9-20)14(21)11-4-3-10(16)7-13(11)17/h3-9H,1-2H3. The average molecular weight is 338 g/mol. The van der Waals surface area contributed by atoms with Gasteiger partial charge in [0, 0.05) is 43.3 Å². The molecule has 1 aromatic heterocycles. The normalized spacial score (nSPS) is 11.4. The lowest BCUT2D eigenvalue weighted by atomic mass is 10.0. The maximum atomic E-state index is 12.7. The minimum Gasteiger partial charge on any atom is -0.383 e. The Balaban J connectivity index is 2.46. The first kappa shape index (κ1) is 16.3. The highest BCUT2D eigenvalue weighted by Crippen LogP contribution is 2.24. The van der Waals surface area contributed by atoms with Crippen molar-refractivity contribution in [3.63, 3.8) is 0 Å². The van der Waals surface area contributed by atoms with Crippen molar-refractivity contribution >= 4 is 34.9 Å². The Hall–Kier alpha value is -2.11. The smallest absolute Gasteiger partial charge is 0.268 e. The van der Waals surface area contributed by atoms with Crippen LogP contribution in [0.25, 0.3) is 0 Å². The van der Waals surface area contributed by atoms with Gasteiger partial charge in [-0.3, -0.25) is 14.2 Å². The molecule has 5 nitrogen and oxygen atoms in total. The zero-order chi connectivity index (χ0) is 16.3. The Labute approximate surface area is 137 Å². The molecule has 0 saturated carbocycles. The summed E-state index contributed by atoms with van der Waals surface area (Å²) in [5, 5.41) is 0.612. The van der Waals surface area contributed by atoms with Gasteiger partial charge in [-0.15, -0.1) is 0 Å². The zero-order valence-corrected chi connectivity index (χ0v) is 13.5. The monoisotopic (exact) mass is 337 g/mol. The van der Waals surface area contributed by atoms with Crippen molar-refractivity contribution in [1.29, 1.82) is 0 Å². The first-order chi connectivity index (χ1) is 10.4. The topological polar surface area (TPSA) is 55.2 Å². The summed E-state index contributed by atoms with van der Waals surface area (Å²) >= 11 is 11.9. The lowest BCUT2D eigenvalue weighted by Gasteiger charge is -2.12. The van der Waals surface area contributed by atoms with Crippen LogP contribution in [0.15, 0.2) is 48.7 Å². The van der Waals surface area contributed by atoms with Crippen LogP contribution in [0.3, 0.4) is 0 Å². The van der Waals surface area contributed by atoms with Crippen molar-refractivity contribution in [3.05, 3.63) is 64.3 Å². The van der Waals surface area contributed by atoms with Crippen molar-refractivity contribution in [2.75, 3.05) is 14.1 Å². The van der Waals surface area contributed by atoms with Crippen LogP contribution < -0.4 is 0 Å². The van der Waals surface area contributed by atoms with Gasteiger partial charge in [0.05, 0.1) is 5.02 Å². The molecular formula is C15H13Cl2N3O2. The molecule has 0 aliphatic carbocycles. The first-order valence-electron chi connectivity index (χ1n) is 6.31. The molecule has 7 heteroatoms. The average Bonchev–Trinajstić information content (AvgIpc) is 2.97. The minimum absolute atomic E-state index is 0.0211. The van der Waals surface area contributed by atoms with E-state index >= 15 is 0 Å². The summed E-state index contributed by atoms with van der Waals surface area (Å²) in [6.07, 6.45) is 5.73. The van der Waals surface area contributed by atoms with Crippen molar-refractivity contribution in [1.82, 2.24) is 14.5 Å². The van der Waals surface area contributed by atoms with Crippen LogP contribution in [0.5, 0.6) is 0 Å². The number of carbonyl (C=O) groups is 2. The maximum absolute atomic E-state index is 12.7. The number of hydrogen-bond donors (Lipinski definition) is 0. The van der Waals surface area contributed by atoms with Gasteiger partial charge in [-0.05, 0) is 18.2 Å². The molecule has 0 spiro atoms. The van der Waals surface area contributed by atoms with Gasteiger partial charge >= 0.3 is 0 Å². The molecule has 2 rings (SSSR count). The summed E-state index contributed by atoms with van der Waals surface area (Å²) in [4.78, 5) is 30.6. The van der Waals surface area contributed by atoms with Crippen LogP contribution in [0.1, 0.15) is 15.2 Å². The minimum atomic E-state index is -0.484. The Kier molecular flexibility index (Phi) is 5.00. The number of ketones is 1. The van der Waals surface area contributed by atoms with Crippen LogP contribution in [-0.4, -0.2) is 40.2 Å². The highest BCUT2D eigenvalue weighted by molar-refractivity contribution is 6.39. The predicted molar refractivity (Wildman–Crippen MR) is 85.4 cm³/mol. The summed E-state index contributed by atoms with van der Waals surface area (Å²) < 4.78 is 1.23. The summed E-state index contributed by atoms with van der Waals surface area (Å²) in [6.45, 7) is 0. The number of nitrogens with zero attached hydrogens (tertiary/aromatic N) is 3. The van der Waals surface area contributed by atoms with E-state index < -0.39 is 11.7 Å². The fourth-order valence-corrected chi connectivity index (χ4v) is 2.30. The Morgan fingerprint density at radius 1 is 1.27 bits per heavy atom. The lowest BCUT2D eigenvalue weighted by Crippen LogP contribution is -2.21. The van der Waals surface area contributed by atoms with E-state index in [1.54, 1.807) is 25.1 Å². The molecule has 1 aromatic carbocycles. The lowest BCUT2D eigenvalue weighted by molar-refractivity contribution is 0.0910. The number of benzene rings is 1. The van der Waals surface area contributed by atoms with Crippen LogP contribution in [0.2, 0.25) is 10.0 Å². The van der Waals surface area contributed by atoms with Gasteiger partial charge < -0.3 is 4.90 Å². The number of imidazole rings is 1. The molecule has 1 heterocycles. The second kappa shape index (κ2) is 6.77. The molecular weight excluding hydrogens is 325 g/mol. The Bertz CT molecular complexity index is 737. The number of hydrogen-bond acceptors (Lipinski definition) is 4. The third-order valence-electron chi connectivity index (χ3n) is 2.78. The molecule has 0 aliphatic heterocycles. The van der Waals surface area contributed by atoms with Crippen molar-refractivity contribution < 1.29 is 9.59 Å². The molecule has 0 unspecified atom stereocenters. The maximum Gasteiger partial charge on any atom is 0.268 e. The van der Waals surface area contributed by atoms with E-state index in [1.165, 1.54) is 41.6 Å². The molecule has 0 fully saturated rings. The van der Waals surface area contributed by atoms with E-state index in [0.717, 1.165) is 0 Å². The number of halogens is 2. The number of allylic oxidation sites excluding steroid dienone is 1. The van der Waals surface area contributed by atoms with E-state index in [0.29, 0.717) is 5.02 Å². The third kappa shape index (κ3) is 3.55. The number of aromatic nitrogens is 2. The summed E-state index contributed by atoms with van der Waals surface area (Å²) in [5.41, 5.74) is 0.194. The van der Waals surface area contributed by atoms with Gasteiger partial charge in [0.1, 0.15) is 11.9 Å². The number of Topliss-reactive ketones (excluding diaryl/α,β-unsaturated/α-hetero) is 1. The van der Waals surface area contributed by atoms with Gasteiger partial charge in [0.2, 0.25) is 5.78 Å². The van der Waals surface area contributed by atoms with Crippen LogP contribution in [-0.2, 0) is 0 Å². The number of carbonyl (C=O) groups excluding carboxylic acids is 2. The molecule has 0 radical (unpaired) electrons. The van der Waals surface area contributed by atoms with Crippen LogP contribution in [0, 0.1) is 0 Å². The van der Waals surface area contributed by atoms with Crippen LogP contribution in [0.4, 0.5) is 0 Å². The van der Waals surface area contributed by atoms with Gasteiger partial charge in [0.25, 0.3) is 5.91 Å². The largest absolute Gasteiger partial charge is 0.383 e. The van der Waals surface area contributed by atoms with E-state index in [4.69, 9.17) is 23.2 Å². The van der Waals surface area contributed by atoms with Crippen molar-refractivity contribution in [2.24, 2.45) is 0 Å². The molecule has 0 N–H and O–H groups in total. The van der Waals surface area contributed by atoms with E-state index in [2.05, 4.69) is 4.98 Å². The van der Waals surface area contributed by atoms with Gasteiger partial charge in [0.15, 0.2) is 0 Å². The van der Waals surface area contributed by atoms with E-state index in [1.807, 2.05) is 0 Å². The van der Waals surface area contributed by atoms with Gasteiger partial charge in [-0.1, -0.05) is 23.2 Å². The summed E-state index contributed by atoms with van der Waals surface area (Å²) in [7, 11) is 3.44. The van der Waals surface area contributed by atoms with Gasteiger partial charge in [-0.2, -0.15) is 0 Å². The zero-order valence-electron chi connectivity index (χ0n) is 12.0. The third-order valence-corrected chi connectivity index (χ3v) is 3.32. The highest BCUT2D eigenvalue weighted by Gasteiger charge is 2.23. The van der Waals surface area contributed by atoms with Crippen LogP contribution >= 0.6 is 23.2 Å². The second-order valence-electron chi connectivity index (χ2n) is 4.73. The molecule has 22 heavy (non-hydrogen) atoms. The van der Waals surface area contributed by atoms with Crippen molar-refractivity contribution in [3.8, 4) is 0 Å². The Morgan fingerprint density at radius 2 is 2.00 bits per heavy atom. The molecule has 0 aliphatic rings. The fourth-order valence-electron chi connectivity index (χ4n) is 1.81. The quantitative estimate of drug-likeness (QED) is 0.372. The SMILES string of the molecule is CN(C)C=C(C(=O)c1ccc(Cl)cc1Cl)C(=O)n1ccnc1. The Morgan fingerprint density at radius 3 is 2.55 bits per heavy atom. The van der Waals surface area contributed by atoms with E-state index in [-0.39, 0.29) is 16.2 Å². The van der Waals surface area contributed by atoms with E-state index in [9.17, 15) is 9.59 Å². The molecule has 0 amide bonds. The fraction of sp³-hybridized carbons (Fsp3) is 0.133. The summed E-state index contributed by atoms with van der Waals surface area (Å²) in [5.74, 6) is -0.962. The van der Waals surface area contributed by atoms with Crippen molar-refractivity contribution in [2.45, 2.75) is 0 Å². The second-order valence-corrected chi connectivity index (χ2v) is 5.58. The predicted octanol–water partition coefficient (Wildman–Crippen LogP) is 3.16. The molecule has 0 atom stereocenters. The summed E-state index contributed by atoms with van der Waals surface area (Å²) in [6, 6.07) is 4.51. The van der Waals surface area contributed by atoms with Gasteiger partial charge in [-0.25, -0.2) is 4.98 Å². The molecule has 0 saturated heterocycles. The first-order valence-corrected chi connectivity index (χ1v) is 7.06. The highest BCUT2D eigenvalue weighted by atomic mass is 35.5. The number of rotatable bonds is 4.